The maximum absolute atomic E-state index is 12.6. The smallest absolute Gasteiger partial charge is 0.279 e. The number of rotatable bonds is 7. The number of quaternary nitrogens is 1. The minimum Gasteiger partial charge on any atom is -0.497 e. The van der Waals surface area contributed by atoms with Gasteiger partial charge in [0.05, 0.1) is 42.0 Å². The number of nitro benzene ring substituents is 1. The Hall–Kier alpha value is -2.84. The molecule has 1 fully saturated rings. The second kappa shape index (κ2) is 9.11. The van der Waals surface area contributed by atoms with Gasteiger partial charge in [0.25, 0.3) is 11.6 Å². The molecule has 2 aromatic carbocycles. The lowest BCUT2D eigenvalue weighted by molar-refractivity contribution is -0.910. The summed E-state index contributed by atoms with van der Waals surface area (Å²) in [5.41, 5.74) is 1.28. The van der Waals surface area contributed by atoms with E-state index in [1.807, 2.05) is 18.2 Å². The van der Waals surface area contributed by atoms with Crippen LogP contribution in [0, 0.1) is 10.1 Å². The van der Waals surface area contributed by atoms with Gasteiger partial charge in [-0.1, -0.05) is 11.6 Å². The van der Waals surface area contributed by atoms with Crippen molar-refractivity contribution in [2.24, 2.45) is 0 Å². The second-order valence-electron chi connectivity index (χ2n) is 6.86. The highest BCUT2D eigenvalue weighted by Gasteiger charge is 2.33. The summed E-state index contributed by atoms with van der Waals surface area (Å²) in [6.07, 6.45) is 1.95. The first-order chi connectivity index (χ1) is 13.9. The molecule has 1 aliphatic rings. The van der Waals surface area contributed by atoms with Crippen molar-refractivity contribution in [3.8, 4) is 11.5 Å². The summed E-state index contributed by atoms with van der Waals surface area (Å²) in [5, 5.41) is 13.7. The van der Waals surface area contributed by atoms with Gasteiger partial charge in [-0.15, -0.1) is 0 Å². The molecular weight excluding hydrogens is 398 g/mol. The number of halogens is 1. The Kier molecular flexibility index (Phi) is 6.56. The van der Waals surface area contributed by atoms with E-state index in [9.17, 15) is 14.9 Å². The number of hydrogen-bond donors (Lipinski definition) is 2. The third-order valence-electron chi connectivity index (χ3n) is 5.12. The van der Waals surface area contributed by atoms with Gasteiger partial charge in [-0.05, 0) is 18.2 Å². The van der Waals surface area contributed by atoms with E-state index in [-0.39, 0.29) is 29.2 Å². The summed E-state index contributed by atoms with van der Waals surface area (Å²) in [5.74, 6) is 1.26. The van der Waals surface area contributed by atoms with E-state index in [1.54, 1.807) is 14.2 Å². The first-order valence-corrected chi connectivity index (χ1v) is 9.61. The van der Waals surface area contributed by atoms with Crippen LogP contribution in [-0.2, 0) is 4.79 Å². The Morgan fingerprint density at radius 3 is 2.72 bits per heavy atom. The lowest BCUT2D eigenvalue weighted by Gasteiger charge is -2.23. The lowest BCUT2D eigenvalue weighted by Crippen LogP contribution is -3.11. The van der Waals surface area contributed by atoms with Crippen LogP contribution >= 0.6 is 11.6 Å². The Morgan fingerprint density at radius 2 is 2.07 bits per heavy atom. The number of carbonyl (C=O) groups is 1. The summed E-state index contributed by atoms with van der Waals surface area (Å²) in [7, 11) is 3.23. The number of anilines is 1. The molecule has 0 spiro atoms. The van der Waals surface area contributed by atoms with Crippen molar-refractivity contribution in [3.05, 3.63) is 57.1 Å². The fourth-order valence-electron chi connectivity index (χ4n) is 3.72. The fourth-order valence-corrected chi connectivity index (χ4v) is 3.95. The van der Waals surface area contributed by atoms with Crippen molar-refractivity contribution >= 4 is 28.9 Å². The molecular formula is C20H23ClN3O5+. The third kappa shape index (κ3) is 4.78. The van der Waals surface area contributed by atoms with E-state index in [4.69, 9.17) is 21.1 Å². The molecule has 8 nitrogen and oxygen atoms in total. The first-order valence-electron chi connectivity index (χ1n) is 9.23. The van der Waals surface area contributed by atoms with Crippen molar-refractivity contribution in [2.45, 2.75) is 18.9 Å². The van der Waals surface area contributed by atoms with Crippen LogP contribution in [0.3, 0.4) is 0 Å². The molecule has 0 aromatic heterocycles. The summed E-state index contributed by atoms with van der Waals surface area (Å²) >= 11 is 6.07. The molecule has 2 N–H and O–H groups in total. The molecule has 154 valence electrons. The number of benzene rings is 2. The van der Waals surface area contributed by atoms with E-state index in [0.717, 1.165) is 41.3 Å². The number of non-ortho nitro benzene ring substituents is 1. The molecule has 0 saturated carbocycles. The molecule has 1 unspecified atom stereocenters. The minimum absolute atomic E-state index is 0.121. The van der Waals surface area contributed by atoms with Crippen LogP contribution in [0.2, 0.25) is 5.02 Å². The van der Waals surface area contributed by atoms with Gasteiger partial charge in [0, 0.05) is 31.0 Å². The van der Waals surface area contributed by atoms with Crippen molar-refractivity contribution in [1.82, 2.24) is 0 Å². The number of amides is 1. The minimum atomic E-state index is -0.529. The Balaban J connectivity index is 1.71. The van der Waals surface area contributed by atoms with E-state index in [1.165, 1.54) is 18.2 Å². The molecule has 2 aromatic rings. The Labute approximate surface area is 173 Å². The van der Waals surface area contributed by atoms with Crippen molar-refractivity contribution in [3.63, 3.8) is 0 Å². The molecule has 0 aliphatic carbocycles. The van der Waals surface area contributed by atoms with Crippen molar-refractivity contribution in [1.29, 1.82) is 0 Å². The van der Waals surface area contributed by atoms with E-state index < -0.39 is 4.92 Å². The molecule has 0 radical (unpaired) electrons. The number of nitro groups is 1. The predicted octanol–water partition coefficient (Wildman–Crippen LogP) is 2.62. The quantitative estimate of drug-likeness (QED) is 0.530. The third-order valence-corrected chi connectivity index (χ3v) is 5.44. The van der Waals surface area contributed by atoms with Crippen LogP contribution in [0.4, 0.5) is 11.4 Å². The molecule has 2 atom stereocenters. The molecule has 1 aliphatic heterocycles. The molecule has 1 saturated heterocycles. The monoisotopic (exact) mass is 420 g/mol. The second-order valence-corrected chi connectivity index (χ2v) is 7.26. The molecule has 9 heteroatoms. The fraction of sp³-hybridized carbons (Fsp3) is 0.350. The van der Waals surface area contributed by atoms with Crippen LogP contribution < -0.4 is 19.7 Å². The van der Waals surface area contributed by atoms with E-state index in [2.05, 4.69) is 5.32 Å². The number of nitrogens with one attached hydrogen (secondary N) is 2. The van der Waals surface area contributed by atoms with Gasteiger partial charge in [0.1, 0.15) is 17.5 Å². The van der Waals surface area contributed by atoms with Crippen LogP contribution in [0.5, 0.6) is 11.5 Å². The van der Waals surface area contributed by atoms with Gasteiger partial charge >= 0.3 is 0 Å². The largest absolute Gasteiger partial charge is 0.497 e. The molecule has 1 heterocycles. The van der Waals surface area contributed by atoms with Gasteiger partial charge in [-0.3, -0.25) is 14.9 Å². The van der Waals surface area contributed by atoms with Gasteiger partial charge < -0.3 is 19.7 Å². The Morgan fingerprint density at radius 1 is 1.28 bits per heavy atom. The van der Waals surface area contributed by atoms with Gasteiger partial charge in [0.2, 0.25) is 0 Å². The standard InChI is InChI=1S/C20H22ClN3O5/c1-28-14-6-7-15(19(11-14)29-2)18-4-3-9-23(18)12-20(25)22-17-8-5-13(24(26)27)10-16(17)21/h5-8,10-11,18H,3-4,9,12H2,1-2H3,(H,22,25)/p+1/t18-/m1/s1. The Bertz CT molecular complexity index is 921. The van der Waals surface area contributed by atoms with Crippen LogP contribution in [0.1, 0.15) is 24.4 Å². The summed E-state index contributed by atoms with van der Waals surface area (Å²) < 4.78 is 10.8. The highest BCUT2D eigenvalue weighted by Crippen LogP contribution is 2.31. The topological polar surface area (TPSA) is 95.1 Å². The van der Waals surface area contributed by atoms with E-state index >= 15 is 0 Å². The number of hydrogen-bond acceptors (Lipinski definition) is 5. The SMILES string of the molecule is COc1ccc([C@H]2CCC[NH+]2CC(=O)Nc2ccc([N+](=O)[O-])cc2Cl)c(OC)c1. The summed E-state index contributed by atoms with van der Waals surface area (Å²) in [6, 6.07) is 9.85. The zero-order chi connectivity index (χ0) is 21.0. The predicted molar refractivity (Wildman–Crippen MR) is 109 cm³/mol. The zero-order valence-electron chi connectivity index (χ0n) is 16.2. The van der Waals surface area contributed by atoms with Gasteiger partial charge in [-0.25, -0.2) is 0 Å². The average Bonchev–Trinajstić information content (AvgIpc) is 3.16. The maximum atomic E-state index is 12.6. The van der Waals surface area contributed by atoms with Crippen LogP contribution in [0.25, 0.3) is 0 Å². The molecule has 0 bridgehead atoms. The van der Waals surface area contributed by atoms with Crippen molar-refractivity contribution < 1.29 is 24.1 Å². The average molecular weight is 421 g/mol. The summed E-state index contributed by atoms with van der Waals surface area (Å²) in [6.45, 7) is 1.12. The highest BCUT2D eigenvalue weighted by molar-refractivity contribution is 6.34. The molecule has 1 amide bonds. The number of carbonyl (C=O) groups excluding carboxylic acids is 1. The van der Waals surface area contributed by atoms with Crippen LogP contribution in [0.15, 0.2) is 36.4 Å². The zero-order valence-corrected chi connectivity index (χ0v) is 17.0. The van der Waals surface area contributed by atoms with E-state index in [0.29, 0.717) is 5.69 Å². The number of ether oxygens (including phenoxy) is 2. The van der Waals surface area contributed by atoms with Gasteiger partial charge in [0.15, 0.2) is 6.54 Å². The maximum Gasteiger partial charge on any atom is 0.279 e. The van der Waals surface area contributed by atoms with Gasteiger partial charge in [-0.2, -0.15) is 0 Å². The lowest BCUT2D eigenvalue weighted by atomic mass is 10.0. The number of likely N-dealkylation sites (tertiary alicyclic amines) is 1. The molecule has 29 heavy (non-hydrogen) atoms. The number of methoxy groups -OCH3 is 2. The van der Waals surface area contributed by atoms with Crippen molar-refractivity contribution in [2.75, 3.05) is 32.6 Å². The first kappa shape index (κ1) is 20.9. The van der Waals surface area contributed by atoms with Crippen LogP contribution in [-0.4, -0.2) is 38.1 Å². The molecule has 3 rings (SSSR count). The summed E-state index contributed by atoms with van der Waals surface area (Å²) in [4.78, 5) is 24.0. The number of nitrogens with zero attached hydrogens (tertiary/aromatic N) is 1. The normalized spacial score (nSPS) is 18.3. The highest BCUT2D eigenvalue weighted by atomic mass is 35.5.